The summed E-state index contributed by atoms with van der Waals surface area (Å²) in [7, 11) is 0. The standard InChI is InChI=1S/C17H19ClN2O/c1-12-15(18)9-6-10-16(12)20-17(21)11-19-13(2)14-7-4-3-5-8-14/h3-10,13,19H,11H2,1-2H3,(H,20,21)/p+1/t13-/m1/s1. The van der Waals surface area contributed by atoms with Crippen LogP contribution in [0.5, 0.6) is 0 Å². The van der Waals surface area contributed by atoms with Crippen LogP contribution in [-0.2, 0) is 4.79 Å². The molecule has 0 fully saturated rings. The van der Waals surface area contributed by atoms with Gasteiger partial charge in [0, 0.05) is 16.3 Å². The Morgan fingerprint density at radius 3 is 2.62 bits per heavy atom. The fraction of sp³-hybridized carbons (Fsp3) is 0.235. The van der Waals surface area contributed by atoms with Crippen LogP contribution in [0.15, 0.2) is 48.5 Å². The number of amides is 1. The average molecular weight is 304 g/mol. The van der Waals surface area contributed by atoms with Crippen molar-refractivity contribution < 1.29 is 10.1 Å². The predicted molar refractivity (Wildman–Crippen MR) is 86.5 cm³/mol. The van der Waals surface area contributed by atoms with Crippen LogP contribution in [0.4, 0.5) is 5.69 Å². The van der Waals surface area contributed by atoms with E-state index in [1.165, 1.54) is 5.56 Å². The van der Waals surface area contributed by atoms with E-state index in [1.54, 1.807) is 0 Å². The van der Waals surface area contributed by atoms with Crippen LogP contribution in [0.25, 0.3) is 0 Å². The third-order valence-electron chi connectivity index (χ3n) is 3.52. The lowest BCUT2D eigenvalue weighted by Crippen LogP contribution is -2.86. The summed E-state index contributed by atoms with van der Waals surface area (Å²) in [4.78, 5) is 12.0. The summed E-state index contributed by atoms with van der Waals surface area (Å²) in [5, 5.41) is 5.58. The Kier molecular flexibility index (Phi) is 5.37. The van der Waals surface area contributed by atoms with Gasteiger partial charge in [-0.15, -0.1) is 0 Å². The van der Waals surface area contributed by atoms with Crippen molar-refractivity contribution in [3.8, 4) is 0 Å². The summed E-state index contributed by atoms with van der Waals surface area (Å²) in [6, 6.07) is 15.9. The third kappa shape index (κ3) is 4.31. The Bertz CT molecular complexity index is 613. The molecule has 21 heavy (non-hydrogen) atoms. The smallest absolute Gasteiger partial charge is 0.279 e. The summed E-state index contributed by atoms with van der Waals surface area (Å²) >= 11 is 6.05. The zero-order valence-corrected chi connectivity index (χ0v) is 13.0. The van der Waals surface area contributed by atoms with E-state index in [-0.39, 0.29) is 11.9 Å². The highest BCUT2D eigenvalue weighted by Gasteiger charge is 2.12. The second kappa shape index (κ2) is 7.25. The van der Waals surface area contributed by atoms with E-state index >= 15 is 0 Å². The molecule has 0 aliphatic heterocycles. The molecule has 0 heterocycles. The van der Waals surface area contributed by atoms with Gasteiger partial charge < -0.3 is 10.6 Å². The van der Waals surface area contributed by atoms with Crippen molar-refractivity contribution in [1.29, 1.82) is 0 Å². The van der Waals surface area contributed by atoms with Crippen LogP contribution in [0.3, 0.4) is 0 Å². The molecule has 110 valence electrons. The Balaban J connectivity index is 1.89. The number of quaternary nitrogens is 1. The highest BCUT2D eigenvalue weighted by Crippen LogP contribution is 2.22. The molecule has 4 heteroatoms. The molecule has 3 N–H and O–H groups in total. The van der Waals surface area contributed by atoms with Gasteiger partial charge in [0.25, 0.3) is 5.91 Å². The topological polar surface area (TPSA) is 45.7 Å². The molecule has 1 amide bonds. The molecule has 0 aliphatic carbocycles. The fourth-order valence-electron chi connectivity index (χ4n) is 2.12. The van der Waals surface area contributed by atoms with Gasteiger partial charge in [-0.25, -0.2) is 0 Å². The lowest BCUT2D eigenvalue weighted by molar-refractivity contribution is -0.682. The molecule has 0 aromatic heterocycles. The van der Waals surface area contributed by atoms with Gasteiger partial charge in [0.2, 0.25) is 0 Å². The van der Waals surface area contributed by atoms with Gasteiger partial charge in [-0.1, -0.05) is 48.0 Å². The van der Waals surface area contributed by atoms with Crippen LogP contribution in [0.2, 0.25) is 5.02 Å². The first kappa shape index (κ1) is 15.5. The van der Waals surface area contributed by atoms with E-state index in [0.29, 0.717) is 11.6 Å². The number of carbonyl (C=O) groups excluding carboxylic acids is 1. The van der Waals surface area contributed by atoms with E-state index < -0.39 is 0 Å². The maximum atomic E-state index is 12.0. The van der Waals surface area contributed by atoms with Gasteiger partial charge in [0.1, 0.15) is 6.04 Å². The van der Waals surface area contributed by atoms with Crippen LogP contribution in [0, 0.1) is 6.92 Å². The number of hydrogen-bond donors (Lipinski definition) is 2. The summed E-state index contributed by atoms with van der Waals surface area (Å²) < 4.78 is 0. The molecule has 1 atom stereocenters. The van der Waals surface area contributed by atoms with Crippen molar-refractivity contribution in [3.63, 3.8) is 0 Å². The summed E-state index contributed by atoms with van der Waals surface area (Å²) in [6.45, 7) is 4.36. The average Bonchev–Trinajstić information content (AvgIpc) is 2.50. The van der Waals surface area contributed by atoms with Crippen molar-refractivity contribution in [1.82, 2.24) is 0 Å². The number of anilines is 1. The number of halogens is 1. The molecule has 3 nitrogen and oxygen atoms in total. The molecule has 0 bridgehead atoms. The molecule has 2 rings (SSSR count). The predicted octanol–water partition coefficient (Wildman–Crippen LogP) is 2.91. The highest BCUT2D eigenvalue weighted by molar-refractivity contribution is 6.31. The molecule has 2 aromatic carbocycles. The lowest BCUT2D eigenvalue weighted by atomic mass is 10.1. The van der Waals surface area contributed by atoms with Gasteiger partial charge in [0.15, 0.2) is 6.54 Å². The van der Waals surface area contributed by atoms with Crippen LogP contribution in [-0.4, -0.2) is 12.5 Å². The molecular weight excluding hydrogens is 284 g/mol. The fourth-order valence-corrected chi connectivity index (χ4v) is 2.30. The number of rotatable bonds is 5. The highest BCUT2D eigenvalue weighted by atomic mass is 35.5. The maximum absolute atomic E-state index is 12.0. The zero-order chi connectivity index (χ0) is 15.2. The van der Waals surface area contributed by atoms with Crippen molar-refractivity contribution in [2.24, 2.45) is 0 Å². The monoisotopic (exact) mass is 303 g/mol. The first-order valence-corrected chi connectivity index (χ1v) is 7.39. The van der Waals surface area contributed by atoms with Gasteiger partial charge in [-0.2, -0.15) is 0 Å². The zero-order valence-electron chi connectivity index (χ0n) is 12.3. The molecule has 0 radical (unpaired) electrons. The van der Waals surface area contributed by atoms with Crippen molar-refractivity contribution in [2.45, 2.75) is 19.9 Å². The number of nitrogens with two attached hydrogens (primary N) is 1. The number of benzene rings is 2. The maximum Gasteiger partial charge on any atom is 0.279 e. The van der Waals surface area contributed by atoms with E-state index in [1.807, 2.05) is 48.6 Å². The van der Waals surface area contributed by atoms with Crippen LogP contribution >= 0.6 is 11.6 Å². The van der Waals surface area contributed by atoms with E-state index in [0.717, 1.165) is 11.3 Å². The largest absolute Gasteiger partial charge is 0.333 e. The number of carbonyl (C=O) groups is 1. The van der Waals surface area contributed by atoms with E-state index in [2.05, 4.69) is 24.4 Å². The van der Waals surface area contributed by atoms with Gasteiger partial charge in [0.05, 0.1) is 0 Å². The molecule has 0 unspecified atom stereocenters. The minimum atomic E-state index is -0.0249. The second-order valence-corrected chi connectivity index (χ2v) is 5.51. The molecule has 0 saturated heterocycles. The van der Waals surface area contributed by atoms with Crippen molar-refractivity contribution in [3.05, 3.63) is 64.7 Å². The Labute approximate surface area is 130 Å². The van der Waals surface area contributed by atoms with Crippen LogP contribution in [0.1, 0.15) is 24.1 Å². The minimum absolute atomic E-state index is 0.0249. The molecule has 2 aromatic rings. The Morgan fingerprint density at radius 1 is 1.19 bits per heavy atom. The van der Waals surface area contributed by atoms with Crippen molar-refractivity contribution >= 4 is 23.2 Å². The summed E-state index contributed by atoms with van der Waals surface area (Å²) in [5.74, 6) is -0.0249. The second-order valence-electron chi connectivity index (χ2n) is 5.10. The van der Waals surface area contributed by atoms with Gasteiger partial charge in [-0.3, -0.25) is 4.79 Å². The normalized spacial score (nSPS) is 12.0. The summed E-state index contributed by atoms with van der Waals surface area (Å²) in [6.07, 6.45) is 0. The quantitative estimate of drug-likeness (QED) is 0.876. The molecule has 0 aliphatic rings. The molecular formula is C17H20ClN2O+. The van der Waals surface area contributed by atoms with Gasteiger partial charge in [-0.05, 0) is 31.5 Å². The third-order valence-corrected chi connectivity index (χ3v) is 3.93. The Hall–Kier alpha value is -1.84. The van der Waals surface area contributed by atoms with E-state index in [4.69, 9.17) is 11.6 Å². The molecule has 0 spiro atoms. The minimum Gasteiger partial charge on any atom is -0.333 e. The van der Waals surface area contributed by atoms with Crippen LogP contribution < -0.4 is 10.6 Å². The van der Waals surface area contributed by atoms with E-state index in [9.17, 15) is 4.79 Å². The SMILES string of the molecule is Cc1c(Cl)cccc1NC(=O)C[NH2+][C@H](C)c1ccccc1. The Morgan fingerprint density at radius 2 is 1.90 bits per heavy atom. The first-order valence-electron chi connectivity index (χ1n) is 7.01. The number of nitrogens with one attached hydrogen (secondary N) is 1. The first-order chi connectivity index (χ1) is 10.1. The number of hydrogen-bond acceptors (Lipinski definition) is 1. The summed E-state index contributed by atoms with van der Waals surface area (Å²) in [5.41, 5.74) is 2.88. The molecule has 0 saturated carbocycles. The van der Waals surface area contributed by atoms with Gasteiger partial charge >= 0.3 is 0 Å². The van der Waals surface area contributed by atoms with Crippen molar-refractivity contribution in [2.75, 3.05) is 11.9 Å². The lowest BCUT2D eigenvalue weighted by Gasteiger charge is -2.12.